The van der Waals surface area contributed by atoms with Gasteiger partial charge in [0, 0.05) is 5.56 Å². The van der Waals surface area contributed by atoms with Crippen molar-refractivity contribution in [1.82, 2.24) is 15.1 Å². The molecule has 2 aromatic rings. The van der Waals surface area contributed by atoms with Gasteiger partial charge in [-0.05, 0) is 53.7 Å². The van der Waals surface area contributed by atoms with Gasteiger partial charge in [-0.3, -0.25) is 4.90 Å². The van der Waals surface area contributed by atoms with Gasteiger partial charge in [0.1, 0.15) is 26.9 Å². The first kappa shape index (κ1) is 23.9. The fourth-order valence-electron chi connectivity index (χ4n) is 3.49. The van der Waals surface area contributed by atoms with E-state index in [1.165, 1.54) is 11.0 Å². The Morgan fingerprint density at radius 2 is 1.91 bits per heavy atom. The number of nitriles is 1. The maximum atomic E-state index is 13.3. The third kappa shape index (κ3) is 4.42. The first-order valence-corrected chi connectivity index (χ1v) is 10.5. The van der Waals surface area contributed by atoms with E-state index < -0.39 is 40.3 Å². The molecule has 1 atom stereocenters. The number of hydrogen-bond acceptors (Lipinski definition) is 7. The van der Waals surface area contributed by atoms with Crippen molar-refractivity contribution in [2.75, 3.05) is 6.61 Å². The highest BCUT2D eigenvalue weighted by molar-refractivity contribution is 7.14. The molecule has 1 aromatic heterocycles. The van der Waals surface area contributed by atoms with E-state index in [2.05, 4.69) is 10.2 Å². The van der Waals surface area contributed by atoms with Gasteiger partial charge in [-0.15, -0.1) is 10.2 Å². The Hall–Kier alpha value is -2.71. The van der Waals surface area contributed by atoms with Gasteiger partial charge >= 0.3 is 12.3 Å². The fourth-order valence-corrected chi connectivity index (χ4v) is 4.45. The van der Waals surface area contributed by atoms with Gasteiger partial charge in [-0.1, -0.05) is 17.4 Å². The van der Waals surface area contributed by atoms with Crippen LogP contribution in [0.5, 0.6) is 0 Å². The van der Waals surface area contributed by atoms with Crippen molar-refractivity contribution in [1.29, 1.82) is 5.26 Å². The highest BCUT2D eigenvalue weighted by Gasteiger charge is 2.55. The molecular weight excluding hydrogens is 445 g/mol. The van der Waals surface area contributed by atoms with Crippen molar-refractivity contribution in [2.45, 2.75) is 64.6 Å². The molecule has 32 heavy (non-hydrogen) atoms. The molecule has 0 spiro atoms. The first-order valence-electron chi connectivity index (χ1n) is 9.71. The van der Waals surface area contributed by atoms with Crippen molar-refractivity contribution in [3.05, 3.63) is 34.3 Å². The molecule has 0 aliphatic carbocycles. The molecule has 0 radical (unpaired) electrons. The topological polar surface area (TPSA) is 88.3 Å². The van der Waals surface area contributed by atoms with Gasteiger partial charge in [0.25, 0.3) is 0 Å². The number of alkyl halides is 3. The third-order valence-electron chi connectivity index (χ3n) is 4.89. The molecule has 0 N–H and O–H groups in total. The van der Waals surface area contributed by atoms with Crippen LogP contribution < -0.4 is 0 Å². The number of aromatic nitrogens is 2. The van der Waals surface area contributed by atoms with E-state index in [0.29, 0.717) is 5.01 Å². The molecule has 2 heterocycles. The molecule has 11 heteroatoms. The highest BCUT2D eigenvalue weighted by Crippen LogP contribution is 2.45. The summed E-state index contributed by atoms with van der Waals surface area (Å²) in [5, 5.41) is 17.8. The molecule has 1 fully saturated rings. The van der Waals surface area contributed by atoms with Gasteiger partial charge in [-0.25, -0.2) is 4.79 Å². The Morgan fingerprint density at radius 1 is 1.25 bits per heavy atom. The predicted octanol–water partition coefficient (Wildman–Crippen LogP) is 5.31. The maximum Gasteiger partial charge on any atom is 0.417 e. The molecule has 3 rings (SSSR count). The molecular formula is C21H23F3N4O3S. The summed E-state index contributed by atoms with van der Waals surface area (Å²) in [4.78, 5) is 14.4. The molecule has 0 bridgehead atoms. The van der Waals surface area contributed by atoms with Crippen molar-refractivity contribution < 1.29 is 27.4 Å². The van der Waals surface area contributed by atoms with Crippen LogP contribution in [0.4, 0.5) is 18.0 Å². The van der Waals surface area contributed by atoms with Crippen LogP contribution in [0.25, 0.3) is 10.6 Å². The van der Waals surface area contributed by atoms with E-state index in [1.54, 1.807) is 47.6 Å². The Labute approximate surface area is 187 Å². The van der Waals surface area contributed by atoms with Crippen LogP contribution in [0.1, 0.15) is 57.7 Å². The molecule has 1 saturated heterocycles. The second-order valence-electron chi connectivity index (χ2n) is 9.11. The van der Waals surface area contributed by atoms with E-state index in [1.807, 2.05) is 0 Å². The molecule has 1 aromatic carbocycles. The van der Waals surface area contributed by atoms with E-state index >= 15 is 0 Å². The van der Waals surface area contributed by atoms with Crippen LogP contribution in [0.15, 0.2) is 18.2 Å². The average Bonchev–Trinajstić information content (AvgIpc) is 3.23. The van der Waals surface area contributed by atoms with Crippen LogP contribution in [0, 0.1) is 11.3 Å². The van der Waals surface area contributed by atoms with Crippen molar-refractivity contribution in [3.63, 3.8) is 0 Å². The number of halogens is 3. The normalized spacial score (nSPS) is 20.8. The highest BCUT2D eigenvalue weighted by atomic mass is 32.1. The summed E-state index contributed by atoms with van der Waals surface area (Å²) in [5.74, 6) is 0. The first-order chi connectivity index (χ1) is 14.6. The number of rotatable bonds is 2. The molecule has 1 aliphatic rings. The molecule has 0 saturated carbocycles. The second kappa shape index (κ2) is 7.71. The maximum absolute atomic E-state index is 13.3. The standard InChI is InChI=1S/C21H23F3N4O3S/c1-18(2,3)31-17(29)28-19(4,5)30-11-20(28,6)16-27-26-15(32-16)12-7-8-13(10-25)14(9-12)21(22,23)24/h7-9H,11H2,1-6H3/t20-/m1/s1. The number of nitrogens with zero attached hydrogens (tertiary/aromatic N) is 4. The number of benzene rings is 1. The SMILES string of the molecule is CC(C)(C)OC(=O)N1C(C)(C)OC[C@]1(C)c1nnc(-c2ccc(C#N)c(C(F)(F)F)c2)s1. The van der Waals surface area contributed by atoms with Crippen LogP contribution >= 0.6 is 11.3 Å². The van der Waals surface area contributed by atoms with E-state index in [-0.39, 0.29) is 17.2 Å². The van der Waals surface area contributed by atoms with Gasteiger partial charge < -0.3 is 9.47 Å². The minimum absolute atomic E-state index is 0.106. The summed E-state index contributed by atoms with van der Waals surface area (Å²) in [6.45, 7) is 10.5. The van der Waals surface area contributed by atoms with Crippen molar-refractivity contribution >= 4 is 17.4 Å². The lowest BCUT2D eigenvalue weighted by molar-refractivity contribution is -0.137. The molecule has 7 nitrogen and oxygen atoms in total. The van der Waals surface area contributed by atoms with Crippen LogP contribution in [-0.4, -0.2) is 39.1 Å². The number of carbonyl (C=O) groups is 1. The summed E-state index contributed by atoms with van der Waals surface area (Å²) in [5.41, 5.74) is -4.12. The summed E-state index contributed by atoms with van der Waals surface area (Å²) < 4.78 is 51.4. The fraction of sp³-hybridized carbons (Fsp3) is 0.524. The molecule has 172 valence electrons. The average molecular weight is 469 g/mol. The van der Waals surface area contributed by atoms with Gasteiger partial charge in [0.15, 0.2) is 0 Å². The Balaban J connectivity index is 2.02. The van der Waals surface area contributed by atoms with Crippen LogP contribution in [-0.2, 0) is 21.2 Å². The number of hydrogen-bond donors (Lipinski definition) is 0. The largest absolute Gasteiger partial charge is 0.444 e. The van der Waals surface area contributed by atoms with Gasteiger partial charge in [-0.2, -0.15) is 18.4 Å². The summed E-state index contributed by atoms with van der Waals surface area (Å²) in [6.07, 6.45) is -5.28. The van der Waals surface area contributed by atoms with E-state index in [4.69, 9.17) is 14.7 Å². The lowest BCUT2D eigenvalue weighted by Crippen LogP contribution is -2.54. The summed E-state index contributed by atoms with van der Waals surface area (Å²) in [6, 6.07) is 4.93. The smallest absolute Gasteiger partial charge is 0.417 e. The Morgan fingerprint density at radius 3 is 2.47 bits per heavy atom. The summed E-state index contributed by atoms with van der Waals surface area (Å²) in [7, 11) is 0. The molecule has 0 unspecified atom stereocenters. The van der Waals surface area contributed by atoms with E-state index in [9.17, 15) is 18.0 Å². The zero-order valence-corrected chi connectivity index (χ0v) is 19.3. The predicted molar refractivity (Wildman–Crippen MR) is 111 cm³/mol. The summed E-state index contributed by atoms with van der Waals surface area (Å²) >= 11 is 1.05. The molecule has 1 amide bonds. The number of ether oxygens (including phenoxy) is 2. The Bertz CT molecular complexity index is 1090. The minimum Gasteiger partial charge on any atom is -0.444 e. The second-order valence-corrected chi connectivity index (χ2v) is 10.1. The van der Waals surface area contributed by atoms with Crippen LogP contribution in [0.3, 0.4) is 0 Å². The lowest BCUT2D eigenvalue weighted by Gasteiger charge is -2.39. The minimum atomic E-state index is -4.68. The number of carbonyl (C=O) groups excluding carboxylic acids is 1. The lowest BCUT2D eigenvalue weighted by atomic mass is 10.0. The Kier molecular flexibility index (Phi) is 5.77. The molecule has 1 aliphatic heterocycles. The van der Waals surface area contributed by atoms with Gasteiger partial charge in [0.05, 0.1) is 23.8 Å². The monoisotopic (exact) mass is 468 g/mol. The van der Waals surface area contributed by atoms with Crippen molar-refractivity contribution in [2.24, 2.45) is 0 Å². The van der Waals surface area contributed by atoms with Gasteiger partial charge in [0.2, 0.25) is 0 Å². The van der Waals surface area contributed by atoms with Crippen LogP contribution in [0.2, 0.25) is 0 Å². The quantitative estimate of drug-likeness (QED) is 0.593. The zero-order valence-electron chi connectivity index (χ0n) is 18.5. The van der Waals surface area contributed by atoms with Crippen molar-refractivity contribution in [3.8, 4) is 16.6 Å². The van der Waals surface area contributed by atoms with E-state index in [0.717, 1.165) is 23.5 Å². The third-order valence-corrected chi connectivity index (χ3v) is 6.12. The zero-order chi connectivity index (χ0) is 24.1. The number of amides is 1.